The number of thioether (sulfide) groups is 1. The number of ether oxygens (including phenoxy) is 2. The minimum Gasteiger partial charge on any atom is -0.493 e. The van der Waals surface area contributed by atoms with E-state index < -0.39 is 17.5 Å². The maximum Gasteiger partial charge on any atom is 0.261 e. The average Bonchev–Trinajstić information content (AvgIpc) is 2.86. The van der Waals surface area contributed by atoms with Gasteiger partial charge in [-0.15, -0.1) is 0 Å². The number of carbonyl (C=O) groups excluding carboxylic acids is 2. The molecule has 0 radical (unpaired) electrons. The monoisotopic (exact) mass is 485 g/mol. The van der Waals surface area contributed by atoms with Crippen LogP contribution in [-0.4, -0.2) is 58.6 Å². The molecule has 0 saturated heterocycles. The molecule has 2 N–H and O–H groups in total. The van der Waals surface area contributed by atoms with E-state index in [1.54, 1.807) is 36.3 Å². The van der Waals surface area contributed by atoms with E-state index in [2.05, 4.69) is 20.6 Å². The van der Waals surface area contributed by atoms with Gasteiger partial charge in [-0.25, -0.2) is 4.98 Å². The molecule has 3 rings (SSSR count). The zero-order valence-electron chi connectivity index (χ0n) is 19.2. The molecule has 0 bridgehead atoms. The smallest absolute Gasteiger partial charge is 0.261 e. The Hall–Kier alpha value is -3.60. The molecule has 2 amide bonds. The van der Waals surface area contributed by atoms with E-state index in [9.17, 15) is 14.4 Å². The quantitative estimate of drug-likeness (QED) is 0.417. The topological polar surface area (TPSA) is 124 Å². The standard InChI is InChI=1S/C23H27N5O5S/c1-32-19-9-16-18(10-20(19)33-2)26-14-28(23(16)31)13-21(29)27-17(6-8-34-3)22(30)25-12-15-5-4-7-24-11-15/h4-5,7,9-11,14,17H,6,8,12-13H2,1-3H3,(H,25,30)(H,27,29)/t17-/m0/s1. The highest BCUT2D eigenvalue weighted by molar-refractivity contribution is 7.98. The maximum absolute atomic E-state index is 12.9. The van der Waals surface area contributed by atoms with Crippen molar-refractivity contribution in [3.8, 4) is 11.5 Å². The number of hydrogen-bond acceptors (Lipinski definition) is 8. The fourth-order valence-corrected chi connectivity index (χ4v) is 3.78. The summed E-state index contributed by atoms with van der Waals surface area (Å²) in [5.74, 6) is 0.757. The van der Waals surface area contributed by atoms with E-state index in [0.29, 0.717) is 41.1 Å². The second-order valence-corrected chi connectivity index (χ2v) is 8.37. The Bertz CT molecular complexity index is 1200. The number of aromatic nitrogens is 3. The highest BCUT2D eigenvalue weighted by Gasteiger charge is 2.21. The third-order valence-corrected chi connectivity index (χ3v) is 5.74. The molecule has 0 aliphatic carbocycles. The van der Waals surface area contributed by atoms with Crippen LogP contribution >= 0.6 is 11.8 Å². The summed E-state index contributed by atoms with van der Waals surface area (Å²) in [6.07, 6.45) is 7.00. The molecule has 0 saturated carbocycles. The van der Waals surface area contributed by atoms with Gasteiger partial charge in [-0.1, -0.05) is 6.07 Å². The molecule has 0 spiro atoms. The lowest BCUT2D eigenvalue weighted by atomic mass is 10.2. The van der Waals surface area contributed by atoms with Crippen molar-refractivity contribution in [2.75, 3.05) is 26.2 Å². The van der Waals surface area contributed by atoms with Crippen LogP contribution in [-0.2, 0) is 22.7 Å². The number of rotatable bonds is 11. The summed E-state index contributed by atoms with van der Waals surface area (Å²) < 4.78 is 11.7. The van der Waals surface area contributed by atoms with Crippen LogP contribution < -0.4 is 25.7 Å². The predicted octanol–water partition coefficient (Wildman–Crippen LogP) is 1.36. The molecule has 0 unspecified atom stereocenters. The van der Waals surface area contributed by atoms with E-state index in [1.165, 1.54) is 31.2 Å². The molecule has 180 valence electrons. The molecule has 34 heavy (non-hydrogen) atoms. The Labute approximate surface area is 201 Å². The van der Waals surface area contributed by atoms with Gasteiger partial charge in [-0.05, 0) is 36.1 Å². The van der Waals surface area contributed by atoms with E-state index in [1.807, 2.05) is 12.3 Å². The zero-order chi connectivity index (χ0) is 24.5. The van der Waals surface area contributed by atoms with Crippen LogP contribution in [0.4, 0.5) is 0 Å². The minimum atomic E-state index is -0.731. The molecule has 2 aromatic heterocycles. The van der Waals surface area contributed by atoms with Crippen LogP contribution in [0.3, 0.4) is 0 Å². The van der Waals surface area contributed by atoms with E-state index >= 15 is 0 Å². The van der Waals surface area contributed by atoms with Crippen LogP contribution in [0, 0.1) is 0 Å². The summed E-state index contributed by atoms with van der Waals surface area (Å²) in [5.41, 5.74) is 0.876. The first-order valence-corrected chi connectivity index (χ1v) is 11.9. The van der Waals surface area contributed by atoms with Crippen LogP contribution in [0.15, 0.2) is 47.8 Å². The highest BCUT2D eigenvalue weighted by Crippen LogP contribution is 2.29. The molecule has 1 atom stereocenters. The molecular weight excluding hydrogens is 458 g/mol. The molecule has 0 aliphatic rings. The SMILES string of the molecule is COc1cc2ncn(CC(=O)N[C@@H](CCSC)C(=O)NCc3cccnc3)c(=O)c2cc1OC. The number of fused-ring (bicyclic) bond motifs is 1. The van der Waals surface area contributed by atoms with Gasteiger partial charge in [-0.3, -0.25) is 23.9 Å². The third kappa shape index (κ3) is 6.25. The molecule has 2 heterocycles. The Kier molecular flexibility index (Phi) is 8.86. The van der Waals surface area contributed by atoms with Crippen LogP contribution in [0.2, 0.25) is 0 Å². The highest BCUT2D eigenvalue weighted by atomic mass is 32.2. The number of benzene rings is 1. The van der Waals surface area contributed by atoms with Crippen molar-refractivity contribution in [3.05, 3.63) is 58.9 Å². The van der Waals surface area contributed by atoms with Crippen molar-refractivity contribution in [3.63, 3.8) is 0 Å². The summed E-state index contributed by atoms with van der Waals surface area (Å²) in [6, 6.07) is 6.04. The van der Waals surface area contributed by atoms with Gasteiger partial charge in [0.15, 0.2) is 11.5 Å². The largest absolute Gasteiger partial charge is 0.493 e. The average molecular weight is 486 g/mol. The van der Waals surface area contributed by atoms with Gasteiger partial charge in [0.2, 0.25) is 11.8 Å². The first-order valence-electron chi connectivity index (χ1n) is 10.5. The second-order valence-electron chi connectivity index (χ2n) is 7.38. The first-order chi connectivity index (χ1) is 16.5. The van der Waals surface area contributed by atoms with Crippen molar-refractivity contribution in [2.45, 2.75) is 25.6 Å². The van der Waals surface area contributed by atoms with E-state index in [4.69, 9.17) is 9.47 Å². The lowest BCUT2D eigenvalue weighted by molar-refractivity contribution is -0.129. The second kappa shape index (κ2) is 12.0. The minimum absolute atomic E-state index is 0.276. The Morgan fingerprint density at radius 2 is 1.97 bits per heavy atom. The Morgan fingerprint density at radius 3 is 2.65 bits per heavy atom. The summed E-state index contributed by atoms with van der Waals surface area (Å²) >= 11 is 1.57. The van der Waals surface area contributed by atoms with Crippen LogP contribution in [0.1, 0.15) is 12.0 Å². The van der Waals surface area contributed by atoms with E-state index in [-0.39, 0.29) is 12.5 Å². The van der Waals surface area contributed by atoms with Gasteiger partial charge >= 0.3 is 0 Å². The van der Waals surface area contributed by atoms with Crippen molar-refractivity contribution in [2.24, 2.45) is 0 Å². The molecule has 3 aromatic rings. The number of nitrogens with one attached hydrogen (secondary N) is 2. The van der Waals surface area contributed by atoms with Crippen molar-refractivity contribution < 1.29 is 19.1 Å². The fourth-order valence-electron chi connectivity index (χ4n) is 3.31. The van der Waals surface area contributed by atoms with Crippen molar-refractivity contribution in [1.29, 1.82) is 0 Å². The normalized spacial score (nSPS) is 11.6. The fraction of sp³-hybridized carbons (Fsp3) is 0.348. The number of carbonyl (C=O) groups is 2. The van der Waals surface area contributed by atoms with E-state index in [0.717, 1.165) is 5.56 Å². The molecule has 10 nitrogen and oxygen atoms in total. The lowest BCUT2D eigenvalue weighted by Gasteiger charge is -2.18. The van der Waals surface area contributed by atoms with Crippen molar-refractivity contribution >= 4 is 34.5 Å². The van der Waals surface area contributed by atoms with Crippen molar-refractivity contribution in [1.82, 2.24) is 25.2 Å². The van der Waals surface area contributed by atoms with Gasteiger partial charge in [0.25, 0.3) is 5.56 Å². The van der Waals surface area contributed by atoms with Crippen LogP contribution in [0.5, 0.6) is 11.5 Å². The Morgan fingerprint density at radius 1 is 1.21 bits per heavy atom. The summed E-state index contributed by atoms with van der Waals surface area (Å²) in [5, 5.41) is 5.86. The summed E-state index contributed by atoms with van der Waals surface area (Å²) in [7, 11) is 2.97. The first kappa shape index (κ1) is 25.0. The summed E-state index contributed by atoms with van der Waals surface area (Å²) in [6.45, 7) is 0.0272. The van der Waals surface area contributed by atoms with Gasteiger partial charge in [0.05, 0.1) is 31.4 Å². The van der Waals surface area contributed by atoms with Gasteiger partial charge in [0.1, 0.15) is 12.6 Å². The number of nitrogens with zero attached hydrogens (tertiary/aromatic N) is 3. The Balaban J connectivity index is 1.72. The lowest BCUT2D eigenvalue weighted by Crippen LogP contribution is -2.48. The number of pyridine rings is 1. The molecule has 0 aliphatic heterocycles. The predicted molar refractivity (Wildman–Crippen MR) is 130 cm³/mol. The number of methoxy groups -OCH3 is 2. The van der Waals surface area contributed by atoms with Gasteiger partial charge in [0, 0.05) is 25.0 Å². The summed E-state index contributed by atoms with van der Waals surface area (Å²) in [4.78, 5) is 46.7. The van der Waals surface area contributed by atoms with Gasteiger partial charge in [-0.2, -0.15) is 11.8 Å². The molecule has 11 heteroatoms. The number of amides is 2. The maximum atomic E-state index is 12.9. The molecular formula is C23H27N5O5S. The van der Waals surface area contributed by atoms with Crippen LogP contribution in [0.25, 0.3) is 10.9 Å². The molecule has 1 aromatic carbocycles. The van der Waals surface area contributed by atoms with Gasteiger partial charge < -0.3 is 20.1 Å². The molecule has 0 fully saturated rings. The number of hydrogen-bond donors (Lipinski definition) is 2. The third-order valence-electron chi connectivity index (χ3n) is 5.10. The zero-order valence-corrected chi connectivity index (χ0v) is 20.1.